The normalized spacial score (nSPS) is 11.6. The molecule has 3 amide bonds. The molecule has 0 bridgehead atoms. The van der Waals surface area contributed by atoms with Crippen molar-refractivity contribution in [3.8, 4) is 11.4 Å². The first-order chi connectivity index (χ1) is 13.1. The van der Waals surface area contributed by atoms with E-state index in [2.05, 4.69) is 41.7 Å². The van der Waals surface area contributed by atoms with Crippen LogP contribution in [0.5, 0.6) is 0 Å². The average Bonchev–Trinajstić information content (AvgIpc) is 3.15. The molecule has 3 aromatic rings. The SMILES string of the molecule is CNC(=O)NC(=O)[C@@H](Sc1n[nH]c(-c2ccccc2Br)n1)c1ccccc1. The number of nitrogens with one attached hydrogen (secondary N) is 3. The lowest BCUT2D eigenvalue weighted by molar-refractivity contribution is -0.119. The summed E-state index contributed by atoms with van der Waals surface area (Å²) in [5.74, 6) is 0.140. The smallest absolute Gasteiger partial charge is 0.321 e. The summed E-state index contributed by atoms with van der Waals surface area (Å²) in [7, 11) is 1.45. The van der Waals surface area contributed by atoms with Gasteiger partial charge in [-0.25, -0.2) is 9.78 Å². The molecular formula is C18H16BrN5O2S. The highest BCUT2D eigenvalue weighted by molar-refractivity contribution is 9.10. The molecule has 1 heterocycles. The van der Waals surface area contributed by atoms with E-state index in [-0.39, 0.29) is 0 Å². The lowest BCUT2D eigenvalue weighted by Gasteiger charge is -2.14. The molecule has 0 saturated carbocycles. The van der Waals surface area contributed by atoms with E-state index >= 15 is 0 Å². The van der Waals surface area contributed by atoms with Crippen molar-refractivity contribution in [2.24, 2.45) is 0 Å². The van der Waals surface area contributed by atoms with Crippen LogP contribution < -0.4 is 10.6 Å². The van der Waals surface area contributed by atoms with Gasteiger partial charge >= 0.3 is 6.03 Å². The molecule has 3 rings (SSSR count). The zero-order valence-corrected chi connectivity index (χ0v) is 16.7. The van der Waals surface area contributed by atoms with Gasteiger partial charge in [0.15, 0.2) is 5.82 Å². The van der Waals surface area contributed by atoms with E-state index in [0.29, 0.717) is 11.0 Å². The predicted molar refractivity (Wildman–Crippen MR) is 107 cm³/mol. The van der Waals surface area contributed by atoms with Gasteiger partial charge in [0, 0.05) is 17.1 Å². The molecule has 9 heteroatoms. The minimum Gasteiger partial charge on any atom is -0.341 e. The number of hydrogen-bond acceptors (Lipinski definition) is 5. The third kappa shape index (κ3) is 4.75. The number of carbonyl (C=O) groups is 2. The fourth-order valence-corrected chi connectivity index (χ4v) is 3.70. The van der Waals surface area contributed by atoms with Crippen LogP contribution in [0.1, 0.15) is 10.8 Å². The third-order valence-electron chi connectivity index (χ3n) is 3.62. The summed E-state index contributed by atoms with van der Waals surface area (Å²) in [5, 5.41) is 11.5. The van der Waals surface area contributed by atoms with E-state index in [9.17, 15) is 9.59 Å². The Kier molecular flexibility index (Phi) is 6.25. The van der Waals surface area contributed by atoms with E-state index in [4.69, 9.17) is 0 Å². The second kappa shape index (κ2) is 8.83. The standard InChI is InChI=1S/C18H16BrN5O2S/c1-20-17(26)22-16(25)14(11-7-3-2-4-8-11)27-18-21-15(23-24-18)12-9-5-6-10-13(12)19/h2-10,14H,1H3,(H,21,23,24)(H2,20,22,25,26)/t14-/m0/s1. The second-order valence-corrected chi connectivity index (χ2v) is 7.35. The number of thioether (sulfide) groups is 1. The molecule has 0 fully saturated rings. The number of nitrogens with zero attached hydrogens (tertiary/aromatic N) is 2. The van der Waals surface area contributed by atoms with Crippen molar-refractivity contribution in [3.63, 3.8) is 0 Å². The number of benzene rings is 2. The largest absolute Gasteiger partial charge is 0.341 e. The van der Waals surface area contributed by atoms with Crippen LogP contribution >= 0.6 is 27.7 Å². The molecule has 0 unspecified atom stereocenters. The molecule has 3 N–H and O–H groups in total. The quantitative estimate of drug-likeness (QED) is 0.521. The van der Waals surface area contributed by atoms with Crippen molar-refractivity contribution >= 4 is 39.6 Å². The summed E-state index contributed by atoms with van der Waals surface area (Å²) in [6.07, 6.45) is 0. The number of hydrogen-bond donors (Lipinski definition) is 3. The number of urea groups is 1. The van der Waals surface area contributed by atoms with E-state index in [1.807, 2.05) is 54.6 Å². The van der Waals surface area contributed by atoms with E-state index < -0.39 is 17.2 Å². The van der Waals surface area contributed by atoms with Gasteiger partial charge in [0.2, 0.25) is 11.1 Å². The molecule has 0 aliphatic rings. The van der Waals surface area contributed by atoms with Crippen molar-refractivity contribution in [1.29, 1.82) is 0 Å². The summed E-state index contributed by atoms with van der Waals surface area (Å²) in [6.45, 7) is 0. The van der Waals surface area contributed by atoms with Crippen LogP contribution in [0.3, 0.4) is 0 Å². The van der Waals surface area contributed by atoms with Crippen molar-refractivity contribution < 1.29 is 9.59 Å². The topological polar surface area (TPSA) is 99.8 Å². The molecule has 1 atom stereocenters. The zero-order valence-electron chi connectivity index (χ0n) is 14.3. The van der Waals surface area contributed by atoms with Crippen molar-refractivity contribution in [2.75, 3.05) is 7.05 Å². The van der Waals surface area contributed by atoms with Gasteiger partial charge in [0.25, 0.3) is 0 Å². The Morgan fingerprint density at radius 3 is 2.52 bits per heavy atom. The number of H-pyrrole nitrogens is 1. The zero-order chi connectivity index (χ0) is 19.2. The number of aromatic amines is 1. The summed E-state index contributed by atoms with van der Waals surface area (Å²) < 4.78 is 0.884. The number of halogens is 1. The molecule has 7 nitrogen and oxygen atoms in total. The van der Waals surface area contributed by atoms with Gasteiger partial charge in [-0.3, -0.25) is 15.2 Å². The summed E-state index contributed by atoms with van der Waals surface area (Å²) in [4.78, 5) is 28.6. The monoisotopic (exact) mass is 445 g/mol. The van der Waals surface area contributed by atoms with Gasteiger partial charge < -0.3 is 5.32 Å². The summed E-state index contributed by atoms with van der Waals surface area (Å²) in [5.41, 5.74) is 1.61. The van der Waals surface area contributed by atoms with Crippen LogP contribution in [0.2, 0.25) is 0 Å². The van der Waals surface area contributed by atoms with Gasteiger partial charge in [-0.2, -0.15) is 0 Å². The minimum absolute atomic E-state index is 0.404. The van der Waals surface area contributed by atoms with Crippen LogP contribution in [-0.4, -0.2) is 34.2 Å². The molecular weight excluding hydrogens is 430 g/mol. The van der Waals surface area contributed by atoms with Gasteiger partial charge in [-0.1, -0.05) is 76.2 Å². The number of imide groups is 1. The molecule has 27 heavy (non-hydrogen) atoms. The van der Waals surface area contributed by atoms with E-state index in [1.54, 1.807) is 0 Å². The van der Waals surface area contributed by atoms with Gasteiger partial charge in [0.05, 0.1) is 0 Å². The molecule has 0 saturated heterocycles. The van der Waals surface area contributed by atoms with Crippen LogP contribution in [0.25, 0.3) is 11.4 Å². The van der Waals surface area contributed by atoms with Crippen molar-refractivity contribution in [1.82, 2.24) is 25.8 Å². The highest BCUT2D eigenvalue weighted by atomic mass is 79.9. The molecule has 1 aromatic heterocycles. The van der Waals surface area contributed by atoms with Gasteiger partial charge in [-0.15, -0.1) is 5.10 Å². The Morgan fingerprint density at radius 2 is 1.81 bits per heavy atom. The number of amides is 3. The Hall–Kier alpha value is -2.65. The van der Waals surface area contributed by atoms with Crippen LogP contribution in [0.4, 0.5) is 4.79 Å². The Labute approximate surface area is 168 Å². The van der Waals surface area contributed by atoms with Gasteiger partial charge in [0.1, 0.15) is 5.25 Å². The van der Waals surface area contributed by atoms with Crippen LogP contribution in [0, 0.1) is 0 Å². The number of aromatic nitrogens is 3. The highest BCUT2D eigenvalue weighted by Crippen LogP contribution is 2.35. The fraction of sp³-hybridized carbons (Fsp3) is 0.111. The van der Waals surface area contributed by atoms with E-state index in [0.717, 1.165) is 27.4 Å². The molecule has 0 spiro atoms. The molecule has 0 radical (unpaired) electrons. The molecule has 138 valence electrons. The number of rotatable bonds is 5. The van der Waals surface area contributed by atoms with Crippen LogP contribution in [-0.2, 0) is 4.79 Å². The van der Waals surface area contributed by atoms with E-state index in [1.165, 1.54) is 7.05 Å². The summed E-state index contributed by atoms with van der Waals surface area (Å²) >= 11 is 4.65. The number of carbonyl (C=O) groups excluding carboxylic acids is 2. The minimum atomic E-state index is -0.675. The third-order valence-corrected chi connectivity index (χ3v) is 5.43. The first-order valence-electron chi connectivity index (χ1n) is 8.00. The Balaban J connectivity index is 1.85. The lowest BCUT2D eigenvalue weighted by Crippen LogP contribution is -2.39. The first-order valence-corrected chi connectivity index (χ1v) is 9.67. The highest BCUT2D eigenvalue weighted by Gasteiger charge is 2.25. The molecule has 0 aliphatic heterocycles. The average molecular weight is 446 g/mol. The first kappa shape index (κ1) is 19.1. The Morgan fingerprint density at radius 1 is 1.11 bits per heavy atom. The maximum atomic E-state index is 12.6. The van der Waals surface area contributed by atoms with Crippen molar-refractivity contribution in [2.45, 2.75) is 10.4 Å². The maximum Gasteiger partial charge on any atom is 0.321 e. The predicted octanol–water partition coefficient (Wildman–Crippen LogP) is 3.52. The second-order valence-electron chi connectivity index (χ2n) is 5.42. The Bertz CT molecular complexity index is 948. The van der Waals surface area contributed by atoms with Crippen molar-refractivity contribution in [3.05, 3.63) is 64.6 Å². The lowest BCUT2D eigenvalue weighted by atomic mass is 10.1. The molecule has 0 aliphatic carbocycles. The molecule has 2 aromatic carbocycles. The fourth-order valence-electron chi connectivity index (χ4n) is 2.32. The summed E-state index contributed by atoms with van der Waals surface area (Å²) in [6, 6.07) is 16.2. The van der Waals surface area contributed by atoms with Gasteiger partial charge in [-0.05, 0) is 11.6 Å². The maximum absolute atomic E-state index is 12.6. The van der Waals surface area contributed by atoms with Crippen LogP contribution in [0.15, 0.2) is 64.2 Å².